The molecule has 0 N–H and O–H groups in total. The number of hydrogen-bond donors (Lipinski definition) is 0. The van der Waals surface area contributed by atoms with Crippen LogP contribution in [0.1, 0.15) is 38.5 Å². The lowest BCUT2D eigenvalue weighted by Crippen LogP contribution is -2.39. The summed E-state index contributed by atoms with van der Waals surface area (Å²) < 4.78 is 8.45. The zero-order valence-corrected chi connectivity index (χ0v) is 9.36. The van der Waals surface area contributed by atoms with Crippen LogP contribution in [0.2, 0.25) is 0 Å². The van der Waals surface area contributed by atoms with Crippen molar-refractivity contribution in [1.82, 2.24) is 4.67 Å². The lowest BCUT2D eigenvalue weighted by atomic mass is 9.91. The molecule has 2 aliphatic heterocycles. The summed E-state index contributed by atoms with van der Waals surface area (Å²) in [6.45, 7) is 1.17. The quantitative estimate of drug-likeness (QED) is 0.580. The Kier molecular flexibility index (Phi) is 2.10. The SMILES string of the molecule is ClP1OC2(CCCC2)[C@@H]2CCCN21. The second-order valence-electron chi connectivity index (χ2n) is 4.41. The summed E-state index contributed by atoms with van der Waals surface area (Å²) in [6.07, 6.45) is 7.81. The third kappa shape index (κ3) is 1.19. The molecule has 2 nitrogen and oxygen atoms in total. The fraction of sp³-hybridized carbons (Fsp3) is 1.00. The molecule has 3 fully saturated rings. The Bertz CT molecular complexity index is 220. The van der Waals surface area contributed by atoms with E-state index in [4.69, 9.17) is 15.8 Å². The second-order valence-corrected chi connectivity index (χ2v) is 6.43. The van der Waals surface area contributed by atoms with Gasteiger partial charge >= 0.3 is 0 Å². The van der Waals surface area contributed by atoms with E-state index in [2.05, 4.69) is 4.67 Å². The lowest BCUT2D eigenvalue weighted by molar-refractivity contribution is 0.0783. The molecule has 3 rings (SSSR count). The van der Waals surface area contributed by atoms with Gasteiger partial charge in [0.1, 0.15) is 0 Å². The third-order valence-electron chi connectivity index (χ3n) is 3.74. The first-order valence-corrected chi connectivity index (χ1v) is 7.35. The summed E-state index contributed by atoms with van der Waals surface area (Å²) in [6, 6.07) is 0.665. The van der Waals surface area contributed by atoms with E-state index < -0.39 is 7.65 Å². The molecule has 0 aromatic rings. The van der Waals surface area contributed by atoms with E-state index in [0.717, 1.165) is 0 Å². The first kappa shape index (κ1) is 8.91. The smallest absolute Gasteiger partial charge is 0.207 e. The van der Waals surface area contributed by atoms with Crippen LogP contribution in [0.25, 0.3) is 0 Å². The van der Waals surface area contributed by atoms with Crippen molar-refractivity contribution in [2.45, 2.75) is 50.2 Å². The number of hydrogen-bond acceptors (Lipinski definition) is 2. The number of fused-ring (bicyclic) bond motifs is 2. The average molecular weight is 220 g/mol. The molecular weight excluding hydrogens is 205 g/mol. The van der Waals surface area contributed by atoms with Gasteiger partial charge in [-0.05, 0) is 36.9 Å². The minimum Gasteiger partial charge on any atom is -0.323 e. The molecule has 1 saturated carbocycles. The molecule has 0 bridgehead atoms. The van der Waals surface area contributed by atoms with E-state index >= 15 is 0 Å². The Morgan fingerprint density at radius 1 is 1.31 bits per heavy atom. The van der Waals surface area contributed by atoms with Gasteiger partial charge in [0.2, 0.25) is 7.65 Å². The van der Waals surface area contributed by atoms with Gasteiger partial charge in [0.15, 0.2) is 0 Å². The summed E-state index contributed by atoms with van der Waals surface area (Å²) in [5, 5.41) is 0. The Morgan fingerprint density at radius 2 is 2.08 bits per heavy atom. The van der Waals surface area contributed by atoms with E-state index in [1.165, 1.54) is 45.1 Å². The third-order valence-corrected chi connectivity index (χ3v) is 5.93. The molecule has 2 heterocycles. The molecule has 0 radical (unpaired) electrons. The molecule has 1 unspecified atom stereocenters. The molecule has 2 atom stereocenters. The van der Waals surface area contributed by atoms with Gasteiger partial charge in [0.25, 0.3) is 0 Å². The van der Waals surface area contributed by atoms with Gasteiger partial charge < -0.3 is 4.52 Å². The molecule has 4 heteroatoms. The Morgan fingerprint density at radius 3 is 2.85 bits per heavy atom. The van der Waals surface area contributed by atoms with Gasteiger partial charge in [0.05, 0.1) is 5.60 Å². The predicted octanol–water partition coefficient (Wildman–Crippen LogP) is 3.26. The maximum absolute atomic E-state index is 6.25. The summed E-state index contributed by atoms with van der Waals surface area (Å²) in [4.78, 5) is 0. The van der Waals surface area contributed by atoms with Crippen molar-refractivity contribution < 1.29 is 4.52 Å². The van der Waals surface area contributed by atoms with Crippen molar-refractivity contribution in [3.8, 4) is 0 Å². The highest BCUT2D eigenvalue weighted by Gasteiger charge is 2.55. The molecule has 0 aromatic heterocycles. The molecule has 0 aromatic carbocycles. The van der Waals surface area contributed by atoms with Crippen molar-refractivity contribution in [3.63, 3.8) is 0 Å². The zero-order chi connectivity index (χ0) is 8.89. The standard InChI is InChI=1S/C9H15ClNOP/c10-13-11-7-3-4-8(11)9(12-13)5-1-2-6-9/h8H,1-7H2/t8-,13?/m0/s1. The van der Waals surface area contributed by atoms with Crippen molar-refractivity contribution in [1.29, 1.82) is 0 Å². The van der Waals surface area contributed by atoms with Gasteiger partial charge in [-0.2, -0.15) is 0 Å². The minimum absolute atomic E-state index is 0.184. The van der Waals surface area contributed by atoms with Crippen LogP contribution in [0.15, 0.2) is 0 Å². The normalized spacial score (nSPS) is 43.2. The van der Waals surface area contributed by atoms with Gasteiger partial charge in [0, 0.05) is 12.6 Å². The number of halogens is 1. The number of rotatable bonds is 0. The minimum atomic E-state index is -0.759. The van der Waals surface area contributed by atoms with E-state index in [-0.39, 0.29) is 5.60 Å². The lowest BCUT2D eigenvalue weighted by Gasteiger charge is -2.27. The largest absolute Gasteiger partial charge is 0.323 e. The van der Waals surface area contributed by atoms with Crippen LogP contribution in [0.4, 0.5) is 0 Å². The molecule has 13 heavy (non-hydrogen) atoms. The second kappa shape index (κ2) is 3.06. The molecule has 0 amide bonds. The first-order chi connectivity index (χ1) is 6.32. The maximum Gasteiger partial charge on any atom is 0.207 e. The predicted molar refractivity (Wildman–Crippen MR) is 54.8 cm³/mol. The van der Waals surface area contributed by atoms with E-state index in [1.54, 1.807) is 0 Å². The summed E-state index contributed by atoms with van der Waals surface area (Å²) in [7, 11) is -0.759. The van der Waals surface area contributed by atoms with Gasteiger partial charge in [-0.25, -0.2) is 4.67 Å². The maximum atomic E-state index is 6.25. The molecule has 1 aliphatic carbocycles. The monoisotopic (exact) mass is 219 g/mol. The summed E-state index contributed by atoms with van der Waals surface area (Å²) >= 11 is 6.25. The van der Waals surface area contributed by atoms with E-state index in [9.17, 15) is 0 Å². The Hall–Kier alpha value is 0.640. The zero-order valence-electron chi connectivity index (χ0n) is 7.71. The highest BCUT2D eigenvalue weighted by atomic mass is 35.7. The van der Waals surface area contributed by atoms with E-state index in [0.29, 0.717) is 6.04 Å². The van der Waals surface area contributed by atoms with Crippen LogP contribution in [-0.2, 0) is 4.52 Å². The fourth-order valence-corrected chi connectivity index (χ4v) is 5.64. The molecular formula is C9H15ClNOP. The van der Waals surface area contributed by atoms with Crippen LogP contribution in [0.3, 0.4) is 0 Å². The average Bonchev–Trinajstić information content (AvgIpc) is 2.74. The molecule has 2 saturated heterocycles. The Balaban J connectivity index is 1.89. The van der Waals surface area contributed by atoms with Crippen LogP contribution in [-0.4, -0.2) is 22.9 Å². The molecule has 3 aliphatic rings. The van der Waals surface area contributed by atoms with Crippen LogP contribution < -0.4 is 0 Å². The highest BCUT2D eigenvalue weighted by Crippen LogP contribution is 2.65. The number of nitrogens with zero attached hydrogens (tertiary/aromatic N) is 1. The highest BCUT2D eigenvalue weighted by molar-refractivity contribution is 7.78. The van der Waals surface area contributed by atoms with Crippen LogP contribution >= 0.6 is 18.9 Å². The van der Waals surface area contributed by atoms with Gasteiger partial charge in [-0.3, -0.25) is 0 Å². The Labute approximate surface area is 85.3 Å². The van der Waals surface area contributed by atoms with Crippen molar-refractivity contribution in [2.75, 3.05) is 6.54 Å². The topological polar surface area (TPSA) is 12.5 Å². The van der Waals surface area contributed by atoms with Crippen molar-refractivity contribution in [3.05, 3.63) is 0 Å². The van der Waals surface area contributed by atoms with Crippen molar-refractivity contribution >= 4 is 18.9 Å². The first-order valence-electron chi connectivity index (χ1n) is 5.23. The van der Waals surface area contributed by atoms with Gasteiger partial charge in [-0.1, -0.05) is 12.8 Å². The summed E-state index contributed by atoms with van der Waals surface area (Å²) in [5.74, 6) is 0. The van der Waals surface area contributed by atoms with E-state index in [1.807, 2.05) is 0 Å². The fourth-order valence-electron chi connectivity index (χ4n) is 3.14. The summed E-state index contributed by atoms with van der Waals surface area (Å²) in [5.41, 5.74) is 0.184. The van der Waals surface area contributed by atoms with Crippen LogP contribution in [0.5, 0.6) is 0 Å². The van der Waals surface area contributed by atoms with Crippen molar-refractivity contribution in [2.24, 2.45) is 0 Å². The molecule has 74 valence electrons. The van der Waals surface area contributed by atoms with Gasteiger partial charge in [-0.15, -0.1) is 0 Å². The molecule has 1 spiro atoms. The van der Waals surface area contributed by atoms with Crippen LogP contribution in [0, 0.1) is 0 Å².